The monoisotopic (exact) mass is 418 g/mol. The molecule has 0 fully saturated rings. The Kier molecular flexibility index (Phi) is 17.0. The van der Waals surface area contributed by atoms with Crippen LogP contribution in [0.1, 0.15) is 97.3 Å². The summed E-state index contributed by atoms with van der Waals surface area (Å²) in [6.07, 6.45) is 29.0. The molecule has 0 bridgehead atoms. The Balaban J connectivity index is 1.86. The second kappa shape index (κ2) is 18.8. The molecule has 0 aliphatic carbocycles. The molecule has 30 heavy (non-hydrogen) atoms. The standard InChI is InChI=1S/C27H52N3/c1-5-6-7-8-9-10-11-12-13-14-15-16-17-18-19-20-21-26(2)28-24-27-25-29(3)22-23-30(27)4/h9-10,12-13,22,26-28H,5-8,11,14-21,23-25H2,1-4H3/q+1/b10-9-,13-12-. The molecule has 2 atom stereocenters. The van der Waals surface area contributed by atoms with Crippen molar-refractivity contribution < 1.29 is 4.58 Å². The molecule has 0 aromatic heterocycles. The largest absolute Gasteiger partial charge is 0.312 e. The summed E-state index contributed by atoms with van der Waals surface area (Å²) in [4.78, 5) is 2.46. The van der Waals surface area contributed by atoms with Gasteiger partial charge in [0, 0.05) is 12.6 Å². The summed E-state index contributed by atoms with van der Waals surface area (Å²) < 4.78 is 2.33. The molecule has 0 saturated carbocycles. The molecule has 1 N–H and O–H groups in total. The summed E-state index contributed by atoms with van der Waals surface area (Å²) >= 11 is 0. The number of nitrogens with one attached hydrogen (secondary N) is 1. The van der Waals surface area contributed by atoms with Gasteiger partial charge in [-0.25, -0.2) is 4.58 Å². The second-order valence-corrected chi connectivity index (χ2v) is 9.40. The maximum absolute atomic E-state index is 3.76. The van der Waals surface area contributed by atoms with E-state index in [0.29, 0.717) is 12.1 Å². The third kappa shape index (κ3) is 15.0. The lowest BCUT2D eigenvalue weighted by Crippen LogP contribution is -2.51. The van der Waals surface area contributed by atoms with Gasteiger partial charge in [-0.3, -0.25) is 4.90 Å². The van der Waals surface area contributed by atoms with Crippen LogP contribution >= 0.6 is 0 Å². The van der Waals surface area contributed by atoms with E-state index in [1.165, 1.54) is 77.0 Å². The van der Waals surface area contributed by atoms with Crippen molar-refractivity contribution in [1.82, 2.24) is 10.2 Å². The summed E-state index contributed by atoms with van der Waals surface area (Å²) in [6.45, 7) is 7.94. The third-order valence-electron chi connectivity index (χ3n) is 6.34. The highest BCUT2D eigenvalue weighted by Crippen LogP contribution is 2.11. The van der Waals surface area contributed by atoms with Gasteiger partial charge in [0.15, 0.2) is 12.8 Å². The molecule has 0 aromatic carbocycles. The summed E-state index contributed by atoms with van der Waals surface area (Å²) in [7, 11) is 4.43. The number of hydrogen-bond acceptors (Lipinski definition) is 2. The van der Waals surface area contributed by atoms with E-state index in [1.807, 2.05) is 0 Å². The van der Waals surface area contributed by atoms with Gasteiger partial charge in [0.25, 0.3) is 0 Å². The number of nitrogens with zero attached hydrogens (tertiary/aromatic N) is 2. The van der Waals surface area contributed by atoms with Gasteiger partial charge < -0.3 is 5.32 Å². The van der Waals surface area contributed by atoms with Crippen molar-refractivity contribution >= 4 is 6.21 Å². The summed E-state index contributed by atoms with van der Waals surface area (Å²) in [5, 5.41) is 3.76. The maximum atomic E-state index is 3.76. The van der Waals surface area contributed by atoms with Crippen LogP contribution in [0.15, 0.2) is 24.3 Å². The highest BCUT2D eigenvalue weighted by Gasteiger charge is 2.23. The molecule has 1 aliphatic rings. The third-order valence-corrected chi connectivity index (χ3v) is 6.34. The molecule has 1 heterocycles. The number of hydrogen-bond donors (Lipinski definition) is 1. The molecule has 0 spiro atoms. The predicted molar refractivity (Wildman–Crippen MR) is 135 cm³/mol. The Morgan fingerprint density at radius 3 is 2.30 bits per heavy atom. The molecule has 0 amide bonds. The minimum absolute atomic E-state index is 0.637. The fourth-order valence-corrected chi connectivity index (χ4v) is 4.06. The number of allylic oxidation sites excluding steroid dienone is 4. The van der Waals surface area contributed by atoms with Crippen LogP contribution in [0, 0.1) is 0 Å². The van der Waals surface area contributed by atoms with Crippen molar-refractivity contribution in [2.45, 2.75) is 109 Å². The van der Waals surface area contributed by atoms with Crippen LogP contribution < -0.4 is 5.32 Å². The first kappa shape index (κ1) is 27.1. The van der Waals surface area contributed by atoms with E-state index < -0.39 is 0 Å². The normalized spacial score (nSPS) is 19.1. The van der Waals surface area contributed by atoms with Gasteiger partial charge in [0.1, 0.15) is 7.05 Å². The highest BCUT2D eigenvalue weighted by molar-refractivity contribution is 5.54. The van der Waals surface area contributed by atoms with Gasteiger partial charge in [0.2, 0.25) is 0 Å². The van der Waals surface area contributed by atoms with Crippen molar-refractivity contribution in [1.29, 1.82) is 0 Å². The molecular formula is C27H52N3+. The molecule has 0 saturated heterocycles. The predicted octanol–water partition coefficient (Wildman–Crippen LogP) is 6.20. The van der Waals surface area contributed by atoms with Gasteiger partial charge in [-0.2, -0.15) is 0 Å². The lowest BCUT2D eigenvalue weighted by atomic mass is 10.1. The van der Waals surface area contributed by atoms with E-state index in [2.05, 4.69) is 73.3 Å². The van der Waals surface area contributed by atoms with Crippen LogP contribution in [-0.4, -0.2) is 61.5 Å². The van der Waals surface area contributed by atoms with Crippen molar-refractivity contribution in [2.75, 3.05) is 33.7 Å². The van der Waals surface area contributed by atoms with Gasteiger partial charge in [-0.15, -0.1) is 0 Å². The summed E-state index contributed by atoms with van der Waals surface area (Å²) in [5.74, 6) is 0. The van der Waals surface area contributed by atoms with Crippen LogP contribution in [0.3, 0.4) is 0 Å². The van der Waals surface area contributed by atoms with E-state index >= 15 is 0 Å². The molecule has 0 aromatic rings. The lowest BCUT2D eigenvalue weighted by Gasteiger charge is -2.29. The quantitative estimate of drug-likeness (QED) is 0.162. The SMILES string of the molecule is CCCCC/C=C\C/C=C\CCCCCCCCC(C)NCC1C[N+](C)=CCN1C. The molecule has 1 aliphatic heterocycles. The Labute approximate surface area is 188 Å². The maximum Gasteiger partial charge on any atom is 0.158 e. The van der Waals surface area contributed by atoms with Gasteiger partial charge >= 0.3 is 0 Å². The first-order valence-corrected chi connectivity index (χ1v) is 12.9. The average molecular weight is 419 g/mol. The molecule has 0 radical (unpaired) electrons. The molecule has 3 nitrogen and oxygen atoms in total. The van der Waals surface area contributed by atoms with E-state index in [9.17, 15) is 0 Å². The number of unbranched alkanes of at least 4 members (excludes halogenated alkanes) is 9. The zero-order valence-electron chi connectivity index (χ0n) is 20.7. The van der Waals surface area contributed by atoms with Gasteiger partial charge in [-0.05, 0) is 52.5 Å². The molecular weight excluding hydrogens is 366 g/mol. The smallest absolute Gasteiger partial charge is 0.158 e. The van der Waals surface area contributed by atoms with E-state index in [0.717, 1.165) is 26.1 Å². The zero-order chi connectivity index (χ0) is 21.9. The Morgan fingerprint density at radius 2 is 1.60 bits per heavy atom. The van der Waals surface area contributed by atoms with Crippen molar-refractivity contribution in [3.05, 3.63) is 24.3 Å². The minimum Gasteiger partial charge on any atom is -0.312 e. The lowest BCUT2D eigenvalue weighted by molar-refractivity contribution is -0.505. The fraction of sp³-hybridized carbons (Fsp3) is 0.815. The second-order valence-electron chi connectivity index (χ2n) is 9.40. The van der Waals surface area contributed by atoms with Crippen LogP contribution in [0.5, 0.6) is 0 Å². The van der Waals surface area contributed by atoms with Gasteiger partial charge in [0.05, 0.1) is 12.6 Å². The average Bonchev–Trinajstić information content (AvgIpc) is 2.74. The van der Waals surface area contributed by atoms with E-state index in [1.54, 1.807) is 0 Å². The van der Waals surface area contributed by atoms with Crippen LogP contribution in [0.25, 0.3) is 0 Å². The fourth-order valence-electron chi connectivity index (χ4n) is 4.06. The Hall–Kier alpha value is -0.930. The molecule has 1 rings (SSSR count). The molecule has 174 valence electrons. The van der Waals surface area contributed by atoms with Crippen molar-refractivity contribution in [3.63, 3.8) is 0 Å². The van der Waals surface area contributed by atoms with Gasteiger partial charge in [-0.1, -0.05) is 76.2 Å². The Morgan fingerprint density at radius 1 is 0.967 bits per heavy atom. The minimum atomic E-state index is 0.637. The molecule has 2 unspecified atom stereocenters. The topological polar surface area (TPSA) is 18.3 Å². The van der Waals surface area contributed by atoms with E-state index in [-0.39, 0.29) is 0 Å². The van der Waals surface area contributed by atoms with Crippen LogP contribution in [0.2, 0.25) is 0 Å². The first-order valence-electron chi connectivity index (χ1n) is 12.9. The van der Waals surface area contributed by atoms with E-state index in [4.69, 9.17) is 0 Å². The van der Waals surface area contributed by atoms with Crippen LogP contribution in [0.4, 0.5) is 0 Å². The van der Waals surface area contributed by atoms with Crippen molar-refractivity contribution in [2.24, 2.45) is 0 Å². The zero-order valence-corrected chi connectivity index (χ0v) is 20.7. The van der Waals surface area contributed by atoms with Crippen LogP contribution in [-0.2, 0) is 0 Å². The molecule has 3 heteroatoms. The highest BCUT2D eigenvalue weighted by atomic mass is 15.2. The number of likely N-dealkylation sites (N-methyl/N-ethyl adjacent to an activating group) is 2. The Bertz CT molecular complexity index is 480. The first-order chi connectivity index (χ1) is 14.6. The van der Waals surface area contributed by atoms with Crippen molar-refractivity contribution in [3.8, 4) is 0 Å². The summed E-state index contributed by atoms with van der Waals surface area (Å²) in [5.41, 5.74) is 0. The summed E-state index contributed by atoms with van der Waals surface area (Å²) in [6, 6.07) is 1.28. The number of rotatable bonds is 18.